The van der Waals surface area contributed by atoms with E-state index >= 15 is 0 Å². The molecular formula is C21H19BrN4O3. The minimum Gasteiger partial charge on any atom is -0.378 e. The second-order valence-electron chi connectivity index (χ2n) is 6.59. The van der Waals surface area contributed by atoms with Gasteiger partial charge in [0, 0.05) is 35.0 Å². The molecule has 4 rings (SSSR count). The standard InChI is InChI=1S/C21H19BrN4O3/c22-17-4-6-19(7-5-17)26-14-16(13-23-26)20(27)24-18-3-1-2-15(12-18)21(28)25-8-10-29-11-9-25/h1-7,12-14H,8-11H2,(H,24,27). The molecule has 0 radical (unpaired) electrons. The number of aromatic nitrogens is 2. The van der Waals surface area contributed by atoms with Crippen molar-refractivity contribution in [1.82, 2.24) is 14.7 Å². The van der Waals surface area contributed by atoms with Crippen LogP contribution in [0.5, 0.6) is 0 Å². The van der Waals surface area contributed by atoms with Crippen LogP contribution in [0.4, 0.5) is 5.69 Å². The maximum atomic E-state index is 12.6. The lowest BCUT2D eigenvalue weighted by Crippen LogP contribution is -2.40. The predicted molar refractivity (Wildman–Crippen MR) is 112 cm³/mol. The van der Waals surface area contributed by atoms with Crippen LogP contribution in [0.2, 0.25) is 0 Å². The molecule has 1 fully saturated rings. The number of hydrogen-bond acceptors (Lipinski definition) is 4. The Hall–Kier alpha value is -2.97. The van der Waals surface area contributed by atoms with Crippen molar-refractivity contribution in [2.75, 3.05) is 31.6 Å². The largest absolute Gasteiger partial charge is 0.378 e. The van der Waals surface area contributed by atoms with E-state index in [9.17, 15) is 9.59 Å². The van der Waals surface area contributed by atoms with Crippen molar-refractivity contribution in [3.63, 3.8) is 0 Å². The molecule has 1 saturated heterocycles. The first-order chi connectivity index (χ1) is 14.1. The van der Waals surface area contributed by atoms with E-state index in [-0.39, 0.29) is 11.8 Å². The Morgan fingerprint density at radius 3 is 2.55 bits per heavy atom. The fourth-order valence-corrected chi connectivity index (χ4v) is 3.32. The van der Waals surface area contributed by atoms with Crippen molar-refractivity contribution in [2.24, 2.45) is 0 Å². The van der Waals surface area contributed by atoms with Crippen LogP contribution in [0.3, 0.4) is 0 Å². The van der Waals surface area contributed by atoms with Crippen molar-refractivity contribution in [1.29, 1.82) is 0 Å². The van der Waals surface area contributed by atoms with Crippen LogP contribution in [-0.2, 0) is 4.74 Å². The summed E-state index contributed by atoms with van der Waals surface area (Å²) in [4.78, 5) is 27.0. The van der Waals surface area contributed by atoms with E-state index in [4.69, 9.17) is 4.74 Å². The summed E-state index contributed by atoms with van der Waals surface area (Å²) in [6, 6.07) is 14.6. The van der Waals surface area contributed by atoms with Gasteiger partial charge in [0.25, 0.3) is 11.8 Å². The Morgan fingerprint density at radius 2 is 1.79 bits per heavy atom. The Balaban J connectivity index is 1.46. The molecular weight excluding hydrogens is 436 g/mol. The average Bonchev–Trinajstić information content (AvgIpc) is 3.25. The smallest absolute Gasteiger partial charge is 0.258 e. The quantitative estimate of drug-likeness (QED) is 0.655. The summed E-state index contributed by atoms with van der Waals surface area (Å²) in [7, 11) is 0. The highest BCUT2D eigenvalue weighted by molar-refractivity contribution is 9.10. The number of nitrogens with zero attached hydrogens (tertiary/aromatic N) is 3. The van der Waals surface area contributed by atoms with Crippen molar-refractivity contribution in [3.05, 3.63) is 76.5 Å². The fourth-order valence-electron chi connectivity index (χ4n) is 3.06. The van der Waals surface area contributed by atoms with E-state index in [2.05, 4.69) is 26.3 Å². The molecule has 1 N–H and O–H groups in total. The summed E-state index contributed by atoms with van der Waals surface area (Å²) < 4.78 is 7.90. The normalized spacial score (nSPS) is 13.9. The van der Waals surface area contributed by atoms with E-state index in [1.165, 1.54) is 6.20 Å². The summed E-state index contributed by atoms with van der Waals surface area (Å²) in [5.74, 6) is -0.350. The van der Waals surface area contributed by atoms with Gasteiger partial charge < -0.3 is 15.0 Å². The van der Waals surface area contributed by atoms with Gasteiger partial charge in [0.2, 0.25) is 0 Å². The summed E-state index contributed by atoms with van der Waals surface area (Å²) in [5.41, 5.74) is 2.38. The number of hydrogen-bond donors (Lipinski definition) is 1. The molecule has 8 heteroatoms. The van der Waals surface area contributed by atoms with Gasteiger partial charge >= 0.3 is 0 Å². The third kappa shape index (κ3) is 4.55. The highest BCUT2D eigenvalue weighted by Gasteiger charge is 2.19. The van der Waals surface area contributed by atoms with Crippen LogP contribution < -0.4 is 5.32 Å². The van der Waals surface area contributed by atoms with E-state index < -0.39 is 0 Å². The molecule has 7 nitrogen and oxygen atoms in total. The average molecular weight is 455 g/mol. The Labute approximate surface area is 176 Å². The van der Waals surface area contributed by atoms with E-state index in [0.717, 1.165) is 10.2 Å². The second kappa shape index (κ2) is 8.59. The van der Waals surface area contributed by atoms with Crippen molar-refractivity contribution < 1.29 is 14.3 Å². The molecule has 0 unspecified atom stereocenters. The van der Waals surface area contributed by atoms with Crippen molar-refractivity contribution >= 4 is 33.4 Å². The van der Waals surface area contributed by atoms with Crippen LogP contribution in [0.1, 0.15) is 20.7 Å². The molecule has 148 valence electrons. The summed E-state index contributed by atoms with van der Waals surface area (Å²) >= 11 is 3.40. The zero-order valence-corrected chi connectivity index (χ0v) is 17.1. The van der Waals surface area contributed by atoms with Crippen LogP contribution in [0.15, 0.2) is 65.4 Å². The van der Waals surface area contributed by atoms with Gasteiger partial charge in [-0.3, -0.25) is 9.59 Å². The number of morpholine rings is 1. The van der Waals surface area contributed by atoms with Crippen LogP contribution in [-0.4, -0.2) is 52.8 Å². The maximum Gasteiger partial charge on any atom is 0.258 e. The fraction of sp³-hybridized carbons (Fsp3) is 0.190. The molecule has 2 aromatic carbocycles. The van der Waals surface area contributed by atoms with Gasteiger partial charge in [-0.2, -0.15) is 5.10 Å². The predicted octanol–water partition coefficient (Wildman–Crippen LogP) is 3.36. The number of carbonyl (C=O) groups excluding carboxylic acids is 2. The minimum absolute atomic E-state index is 0.0625. The number of carbonyl (C=O) groups is 2. The molecule has 0 aliphatic carbocycles. The number of halogens is 1. The number of rotatable bonds is 4. The second-order valence-corrected chi connectivity index (χ2v) is 7.51. The number of benzene rings is 2. The Kier molecular flexibility index (Phi) is 5.73. The molecule has 1 aliphatic heterocycles. The van der Waals surface area contributed by atoms with Gasteiger partial charge in [0.15, 0.2) is 0 Å². The molecule has 2 heterocycles. The summed E-state index contributed by atoms with van der Waals surface area (Å²) in [5, 5.41) is 7.09. The van der Waals surface area contributed by atoms with Crippen LogP contribution in [0.25, 0.3) is 5.69 Å². The zero-order valence-electron chi connectivity index (χ0n) is 15.5. The first kappa shape index (κ1) is 19.4. The Bertz CT molecular complexity index is 1030. The highest BCUT2D eigenvalue weighted by Crippen LogP contribution is 2.17. The van der Waals surface area contributed by atoms with Gasteiger partial charge in [-0.15, -0.1) is 0 Å². The van der Waals surface area contributed by atoms with Gasteiger partial charge in [-0.25, -0.2) is 4.68 Å². The van der Waals surface area contributed by atoms with Crippen LogP contribution >= 0.6 is 15.9 Å². The molecule has 1 aromatic heterocycles. The van der Waals surface area contributed by atoms with Crippen molar-refractivity contribution in [2.45, 2.75) is 0 Å². The number of anilines is 1. The SMILES string of the molecule is O=C(Nc1cccc(C(=O)N2CCOCC2)c1)c1cnn(-c2ccc(Br)cc2)c1. The third-order valence-electron chi connectivity index (χ3n) is 4.60. The molecule has 2 amide bonds. The molecule has 0 saturated carbocycles. The topological polar surface area (TPSA) is 76.5 Å². The summed E-state index contributed by atoms with van der Waals surface area (Å²) in [6.45, 7) is 2.24. The van der Waals surface area contributed by atoms with Gasteiger partial charge in [-0.05, 0) is 42.5 Å². The van der Waals surface area contributed by atoms with Gasteiger partial charge in [0.1, 0.15) is 0 Å². The zero-order chi connectivity index (χ0) is 20.2. The van der Waals surface area contributed by atoms with Gasteiger partial charge in [0.05, 0.1) is 30.7 Å². The van der Waals surface area contributed by atoms with E-state index in [1.807, 2.05) is 24.3 Å². The molecule has 29 heavy (non-hydrogen) atoms. The minimum atomic E-state index is -0.288. The monoisotopic (exact) mass is 454 g/mol. The highest BCUT2D eigenvalue weighted by atomic mass is 79.9. The van der Waals surface area contributed by atoms with Crippen LogP contribution in [0, 0.1) is 0 Å². The molecule has 0 bridgehead atoms. The lowest BCUT2D eigenvalue weighted by atomic mass is 10.1. The maximum absolute atomic E-state index is 12.6. The lowest BCUT2D eigenvalue weighted by Gasteiger charge is -2.27. The summed E-state index contributed by atoms with van der Waals surface area (Å²) in [6.07, 6.45) is 3.18. The lowest BCUT2D eigenvalue weighted by molar-refractivity contribution is 0.0303. The third-order valence-corrected chi connectivity index (χ3v) is 5.13. The molecule has 1 aliphatic rings. The van der Waals surface area contributed by atoms with E-state index in [1.54, 1.807) is 40.0 Å². The van der Waals surface area contributed by atoms with Gasteiger partial charge in [-0.1, -0.05) is 22.0 Å². The first-order valence-corrected chi connectivity index (χ1v) is 9.98. The van der Waals surface area contributed by atoms with Crippen molar-refractivity contribution in [3.8, 4) is 5.69 Å². The number of amides is 2. The first-order valence-electron chi connectivity index (χ1n) is 9.19. The number of nitrogens with one attached hydrogen (secondary N) is 1. The number of ether oxygens (including phenoxy) is 1. The molecule has 0 atom stereocenters. The van der Waals surface area contributed by atoms with E-state index in [0.29, 0.717) is 43.1 Å². The molecule has 0 spiro atoms. The molecule has 3 aromatic rings. The Morgan fingerprint density at radius 1 is 1.03 bits per heavy atom.